The van der Waals surface area contributed by atoms with E-state index >= 15 is 0 Å². The van der Waals surface area contributed by atoms with Crippen molar-refractivity contribution in [3.05, 3.63) is 16.1 Å². The number of hydrogen-bond donors (Lipinski definition) is 1. The molecule has 2 N–H and O–H groups in total. The van der Waals surface area contributed by atoms with E-state index in [2.05, 4.69) is 4.98 Å². The molecule has 0 fully saturated rings. The van der Waals surface area contributed by atoms with Crippen LogP contribution in [0.3, 0.4) is 0 Å². The molecule has 1 atom stereocenters. The van der Waals surface area contributed by atoms with Gasteiger partial charge in [-0.2, -0.15) is 13.2 Å². The molecule has 1 heterocycles. The lowest BCUT2D eigenvalue weighted by atomic mass is 10.1. The van der Waals surface area contributed by atoms with Crippen molar-refractivity contribution in [2.75, 3.05) is 0 Å². The minimum Gasteiger partial charge on any atom is -0.321 e. The lowest BCUT2D eigenvalue weighted by Crippen LogP contribution is -2.29. The van der Waals surface area contributed by atoms with Gasteiger partial charge in [0.2, 0.25) is 0 Å². The van der Waals surface area contributed by atoms with Gasteiger partial charge in [-0.1, -0.05) is 13.3 Å². The maximum Gasteiger partial charge on any atom is 0.443 e. The van der Waals surface area contributed by atoms with E-state index < -0.39 is 23.0 Å². The molecule has 0 saturated carbocycles. The SMILES string of the molecule is CCCC(N)C(=O)c1cnc(C(F)(F)F)s1. The molecule has 0 aromatic carbocycles. The molecule has 0 bridgehead atoms. The third-order valence-electron chi connectivity index (χ3n) is 1.93. The molecule has 0 aliphatic rings. The molecule has 7 heteroatoms. The van der Waals surface area contributed by atoms with E-state index in [0.29, 0.717) is 24.2 Å². The number of rotatable bonds is 4. The first-order chi connectivity index (χ1) is 7.36. The van der Waals surface area contributed by atoms with Gasteiger partial charge in [0, 0.05) is 6.20 Å². The summed E-state index contributed by atoms with van der Waals surface area (Å²) < 4.78 is 36.7. The number of aromatic nitrogens is 1. The summed E-state index contributed by atoms with van der Waals surface area (Å²) >= 11 is 0.336. The van der Waals surface area contributed by atoms with Crippen LogP contribution in [0.5, 0.6) is 0 Å². The predicted octanol–water partition coefficient (Wildman–Crippen LogP) is 2.47. The molecule has 16 heavy (non-hydrogen) atoms. The highest BCUT2D eigenvalue weighted by Gasteiger charge is 2.35. The van der Waals surface area contributed by atoms with Crippen LogP contribution in [0.4, 0.5) is 13.2 Å². The number of alkyl halides is 3. The Balaban J connectivity index is 2.82. The van der Waals surface area contributed by atoms with Crippen LogP contribution < -0.4 is 5.73 Å². The second-order valence-corrected chi connectivity index (χ2v) is 4.32. The number of halogens is 3. The Kier molecular flexibility index (Phi) is 4.03. The van der Waals surface area contributed by atoms with Gasteiger partial charge < -0.3 is 5.73 Å². The summed E-state index contributed by atoms with van der Waals surface area (Å²) in [4.78, 5) is 14.7. The summed E-state index contributed by atoms with van der Waals surface area (Å²) in [5.41, 5.74) is 5.53. The van der Waals surface area contributed by atoms with Crippen molar-refractivity contribution < 1.29 is 18.0 Å². The standard InChI is InChI=1S/C9H11F3N2OS/c1-2-3-5(13)7(15)6-4-14-8(16-6)9(10,11)12/h4-5H,2-3,13H2,1H3. The van der Waals surface area contributed by atoms with Crippen molar-refractivity contribution in [2.45, 2.75) is 32.0 Å². The molecule has 0 radical (unpaired) electrons. The fourth-order valence-corrected chi connectivity index (χ4v) is 1.93. The molecule has 3 nitrogen and oxygen atoms in total. The number of Topliss-reactive ketones (excluding diaryl/α,β-unsaturated/α-hetero) is 1. The smallest absolute Gasteiger partial charge is 0.321 e. The van der Waals surface area contributed by atoms with Gasteiger partial charge >= 0.3 is 6.18 Å². The van der Waals surface area contributed by atoms with E-state index in [9.17, 15) is 18.0 Å². The Hall–Kier alpha value is -0.950. The van der Waals surface area contributed by atoms with E-state index in [1.165, 1.54) is 0 Å². The number of thiazole rings is 1. The molecule has 1 aromatic rings. The van der Waals surface area contributed by atoms with Crippen molar-refractivity contribution >= 4 is 17.1 Å². The first kappa shape index (κ1) is 13.1. The fraction of sp³-hybridized carbons (Fsp3) is 0.556. The molecule has 0 aliphatic carbocycles. The van der Waals surface area contributed by atoms with Crippen LogP contribution >= 0.6 is 11.3 Å². The fourth-order valence-electron chi connectivity index (χ4n) is 1.14. The van der Waals surface area contributed by atoms with Crippen LogP contribution in [0.15, 0.2) is 6.20 Å². The average molecular weight is 252 g/mol. The van der Waals surface area contributed by atoms with E-state index in [1.54, 1.807) is 0 Å². The quantitative estimate of drug-likeness (QED) is 0.837. The van der Waals surface area contributed by atoms with Gasteiger partial charge in [0.25, 0.3) is 0 Å². The zero-order valence-electron chi connectivity index (χ0n) is 8.54. The van der Waals surface area contributed by atoms with Gasteiger partial charge in [0.15, 0.2) is 10.8 Å². The van der Waals surface area contributed by atoms with E-state index in [4.69, 9.17) is 5.73 Å². The lowest BCUT2D eigenvalue weighted by Gasteiger charge is -2.06. The summed E-state index contributed by atoms with van der Waals surface area (Å²) in [5.74, 6) is -0.477. The number of hydrogen-bond acceptors (Lipinski definition) is 4. The van der Waals surface area contributed by atoms with Crippen LogP contribution in [0, 0.1) is 0 Å². The van der Waals surface area contributed by atoms with Gasteiger partial charge in [-0.25, -0.2) is 4.98 Å². The first-order valence-electron chi connectivity index (χ1n) is 4.69. The van der Waals surface area contributed by atoms with Gasteiger partial charge in [0.05, 0.1) is 10.9 Å². The van der Waals surface area contributed by atoms with Crippen molar-refractivity contribution in [2.24, 2.45) is 5.73 Å². The minimum absolute atomic E-state index is 0.0340. The van der Waals surface area contributed by atoms with Crippen molar-refractivity contribution in [3.63, 3.8) is 0 Å². The molecule has 0 spiro atoms. The highest BCUT2D eigenvalue weighted by atomic mass is 32.1. The van der Waals surface area contributed by atoms with Crippen LogP contribution in [-0.2, 0) is 6.18 Å². The molecule has 1 unspecified atom stereocenters. The molecule has 90 valence electrons. The third kappa shape index (κ3) is 3.02. The summed E-state index contributed by atoms with van der Waals surface area (Å²) in [6, 6.07) is -0.744. The van der Waals surface area contributed by atoms with E-state index in [-0.39, 0.29) is 4.88 Å². The first-order valence-corrected chi connectivity index (χ1v) is 5.50. The highest BCUT2D eigenvalue weighted by Crippen LogP contribution is 2.32. The molecular formula is C9H11F3N2OS. The normalized spacial score (nSPS) is 13.8. The predicted molar refractivity (Wildman–Crippen MR) is 54.3 cm³/mol. The topological polar surface area (TPSA) is 56.0 Å². The zero-order chi connectivity index (χ0) is 12.3. The molecule has 0 aliphatic heterocycles. The van der Waals surface area contributed by atoms with Crippen LogP contribution in [0.25, 0.3) is 0 Å². The second-order valence-electron chi connectivity index (χ2n) is 3.29. The molecule has 1 rings (SSSR count). The minimum atomic E-state index is -4.50. The van der Waals surface area contributed by atoms with Gasteiger partial charge in [-0.05, 0) is 6.42 Å². The van der Waals surface area contributed by atoms with Crippen molar-refractivity contribution in [1.29, 1.82) is 0 Å². The number of carbonyl (C=O) groups excluding carboxylic acids is 1. The van der Waals surface area contributed by atoms with E-state index in [1.807, 2.05) is 6.92 Å². The Morgan fingerprint density at radius 3 is 2.69 bits per heavy atom. The van der Waals surface area contributed by atoms with Gasteiger partial charge in [-0.3, -0.25) is 4.79 Å². The summed E-state index contributed by atoms with van der Waals surface area (Å²) in [7, 11) is 0. The molecule has 0 amide bonds. The monoisotopic (exact) mass is 252 g/mol. The third-order valence-corrected chi connectivity index (χ3v) is 2.98. The molecule has 0 saturated heterocycles. The van der Waals surface area contributed by atoms with Crippen LogP contribution in [0.1, 0.15) is 34.4 Å². The number of ketones is 1. The maximum atomic E-state index is 12.2. The number of nitrogens with zero attached hydrogens (tertiary/aromatic N) is 1. The van der Waals surface area contributed by atoms with Crippen LogP contribution in [-0.4, -0.2) is 16.8 Å². The van der Waals surface area contributed by atoms with Crippen molar-refractivity contribution in [1.82, 2.24) is 4.98 Å². The Bertz CT molecular complexity index is 375. The second kappa shape index (κ2) is 4.92. The highest BCUT2D eigenvalue weighted by molar-refractivity contribution is 7.13. The molecular weight excluding hydrogens is 241 g/mol. The Labute approximate surface area is 94.5 Å². The summed E-state index contributed by atoms with van der Waals surface area (Å²) in [6.07, 6.45) is -2.40. The van der Waals surface area contributed by atoms with E-state index in [0.717, 1.165) is 6.20 Å². The van der Waals surface area contributed by atoms with Gasteiger partial charge in [-0.15, -0.1) is 11.3 Å². The van der Waals surface area contributed by atoms with Crippen molar-refractivity contribution in [3.8, 4) is 0 Å². The number of carbonyl (C=O) groups is 1. The summed E-state index contributed by atoms with van der Waals surface area (Å²) in [6.45, 7) is 1.85. The summed E-state index contributed by atoms with van der Waals surface area (Å²) in [5, 5.41) is -1.01. The lowest BCUT2D eigenvalue weighted by molar-refractivity contribution is -0.137. The average Bonchev–Trinajstić information content (AvgIpc) is 2.65. The molecule has 1 aromatic heterocycles. The Morgan fingerprint density at radius 1 is 1.62 bits per heavy atom. The zero-order valence-corrected chi connectivity index (χ0v) is 9.36. The van der Waals surface area contributed by atoms with Gasteiger partial charge in [0.1, 0.15) is 0 Å². The Morgan fingerprint density at radius 2 is 2.25 bits per heavy atom. The van der Waals surface area contributed by atoms with Crippen LogP contribution in [0.2, 0.25) is 0 Å². The number of nitrogens with two attached hydrogens (primary N) is 1. The maximum absolute atomic E-state index is 12.2. The largest absolute Gasteiger partial charge is 0.443 e.